The number of nitrogens with two attached hydrogens (primary N) is 1. The van der Waals surface area contributed by atoms with Gasteiger partial charge < -0.3 is 25.4 Å². The molecule has 2 aromatic rings. The predicted molar refractivity (Wildman–Crippen MR) is 123 cm³/mol. The van der Waals surface area contributed by atoms with Gasteiger partial charge in [0, 0.05) is 18.5 Å². The van der Waals surface area contributed by atoms with Gasteiger partial charge in [0.1, 0.15) is 12.0 Å². The average Bonchev–Trinajstić information content (AvgIpc) is 3.05. The van der Waals surface area contributed by atoms with Crippen molar-refractivity contribution in [1.29, 1.82) is 0 Å². The average molecular weight is 457 g/mol. The number of carbonyl (C=O) groups excluding carboxylic acids is 2. The van der Waals surface area contributed by atoms with Crippen LogP contribution < -0.4 is 5.73 Å². The number of piperidine rings is 1. The zero-order chi connectivity index (χ0) is 24.0. The maximum absolute atomic E-state index is 12.3. The highest BCUT2D eigenvalue weighted by molar-refractivity contribution is 5.89. The number of phenolic OH excluding ortho intramolecular Hbond substituents is 2. The van der Waals surface area contributed by atoms with Gasteiger partial charge in [0.05, 0.1) is 12.7 Å². The molecule has 4 N–H and O–H groups in total. The number of aromatic hydroxyl groups is 2. The normalized spacial score (nSPS) is 23.8. The van der Waals surface area contributed by atoms with Crippen LogP contribution in [-0.2, 0) is 20.7 Å². The van der Waals surface area contributed by atoms with E-state index in [0.717, 1.165) is 18.4 Å². The zero-order valence-corrected chi connectivity index (χ0v) is 19.0. The lowest BCUT2D eigenvalue weighted by Gasteiger charge is -2.40. The highest BCUT2D eigenvalue weighted by Gasteiger charge is 2.50. The Balaban J connectivity index is 0.000000235. The fourth-order valence-corrected chi connectivity index (χ4v) is 4.66. The van der Waals surface area contributed by atoms with E-state index >= 15 is 0 Å². The molecule has 2 aliphatic rings. The van der Waals surface area contributed by atoms with Crippen molar-refractivity contribution >= 4 is 11.9 Å². The van der Waals surface area contributed by atoms with Crippen molar-refractivity contribution in [3.8, 4) is 11.5 Å². The molecule has 0 radical (unpaired) electrons. The third-order valence-electron chi connectivity index (χ3n) is 6.43. The summed E-state index contributed by atoms with van der Waals surface area (Å²) in [5, 5.41) is 18.0. The first-order chi connectivity index (χ1) is 15.8. The number of esters is 2. The van der Waals surface area contributed by atoms with E-state index in [-0.39, 0.29) is 29.5 Å². The van der Waals surface area contributed by atoms with Gasteiger partial charge in [-0.15, -0.1) is 0 Å². The molecule has 0 aliphatic carbocycles. The molecule has 8 heteroatoms. The van der Waals surface area contributed by atoms with E-state index in [2.05, 4.69) is 4.90 Å². The van der Waals surface area contributed by atoms with E-state index in [0.29, 0.717) is 31.0 Å². The first kappa shape index (κ1) is 24.5. The molecule has 2 saturated heterocycles. The molecule has 2 heterocycles. The summed E-state index contributed by atoms with van der Waals surface area (Å²) in [5.74, 6) is -1.24. The van der Waals surface area contributed by atoms with Crippen molar-refractivity contribution in [3.05, 3.63) is 59.7 Å². The second-order valence-electron chi connectivity index (χ2n) is 8.42. The minimum atomic E-state index is -0.408. The first-order valence-corrected chi connectivity index (χ1v) is 11.1. The Hall–Kier alpha value is -3.10. The van der Waals surface area contributed by atoms with Gasteiger partial charge in [-0.3, -0.25) is 9.69 Å². The number of ether oxygens (including phenoxy) is 2. The molecule has 4 atom stereocenters. The van der Waals surface area contributed by atoms with Crippen molar-refractivity contribution in [2.24, 2.45) is 11.7 Å². The van der Waals surface area contributed by atoms with Crippen molar-refractivity contribution in [2.75, 3.05) is 20.7 Å². The van der Waals surface area contributed by atoms with Crippen LogP contribution in [0.5, 0.6) is 11.5 Å². The number of hydrogen-bond acceptors (Lipinski definition) is 8. The van der Waals surface area contributed by atoms with Crippen LogP contribution in [0.3, 0.4) is 0 Å². The Labute approximate surface area is 193 Å². The number of fused-ring (bicyclic) bond motifs is 2. The van der Waals surface area contributed by atoms with Gasteiger partial charge in [-0.05, 0) is 62.7 Å². The molecule has 8 nitrogen and oxygen atoms in total. The van der Waals surface area contributed by atoms with Crippen molar-refractivity contribution < 1.29 is 29.3 Å². The molecule has 0 amide bonds. The number of hydrogen-bond donors (Lipinski definition) is 3. The van der Waals surface area contributed by atoms with Crippen LogP contribution in [0.25, 0.3) is 0 Å². The third-order valence-corrected chi connectivity index (χ3v) is 6.43. The fraction of sp³-hybridized carbons (Fsp3) is 0.440. The predicted octanol–water partition coefficient (Wildman–Crippen LogP) is 2.47. The van der Waals surface area contributed by atoms with Gasteiger partial charge in [-0.1, -0.05) is 24.3 Å². The van der Waals surface area contributed by atoms with Gasteiger partial charge in [-0.2, -0.15) is 0 Å². The number of nitrogens with zero attached hydrogens (tertiary/aromatic N) is 1. The lowest BCUT2D eigenvalue weighted by Crippen LogP contribution is -2.53. The van der Waals surface area contributed by atoms with Crippen LogP contribution in [0.2, 0.25) is 0 Å². The lowest BCUT2D eigenvalue weighted by atomic mass is 9.87. The number of phenols is 2. The molecule has 4 rings (SSSR count). The Morgan fingerprint density at radius 1 is 1.09 bits per heavy atom. The van der Waals surface area contributed by atoms with E-state index in [1.54, 1.807) is 30.3 Å². The molecular formula is C25H32N2O6. The van der Waals surface area contributed by atoms with Gasteiger partial charge in [0.2, 0.25) is 0 Å². The summed E-state index contributed by atoms with van der Waals surface area (Å²) >= 11 is 0. The smallest absolute Gasteiger partial charge is 0.338 e. The molecular weight excluding hydrogens is 424 g/mol. The number of methoxy groups -OCH3 is 1. The maximum Gasteiger partial charge on any atom is 0.338 e. The topological polar surface area (TPSA) is 122 Å². The SMILES string of the molecule is COC(=O)[C@H]1[C@@H](OC(=O)c2ccccc2)C[C@@H]2CC[C@H]1N2C.NCCc1ccc(O)c(O)c1. The molecule has 0 saturated carbocycles. The molecule has 0 aromatic heterocycles. The molecule has 0 spiro atoms. The summed E-state index contributed by atoms with van der Waals surface area (Å²) in [5.41, 5.74) is 6.75. The fourth-order valence-electron chi connectivity index (χ4n) is 4.66. The highest BCUT2D eigenvalue weighted by atomic mass is 16.6. The minimum absolute atomic E-state index is 0.0871. The first-order valence-electron chi connectivity index (χ1n) is 11.1. The van der Waals surface area contributed by atoms with E-state index in [1.807, 2.05) is 13.1 Å². The second-order valence-corrected chi connectivity index (χ2v) is 8.42. The quantitative estimate of drug-likeness (QED) is 0.463. The van der Waals surface area contributed by atoms with Crippen molar-refractivity contribution in [3.63, 3.8) is 0 Å². The number of carbonyl (C=O) groups is 2. The molecule has 2 aliphatic heterocycles. The van der Waals surface area contributed by atoms with Gasteiger partial charge in [0.25, 0.3) is 0 Å². The van der Waals surface area contributed by atoms with Crippen LogP contribution >= 0.6 is 0 Å². The molecule has 2 aromatic carbocycles. The van der Waals surface area contributed by atoms with Crippen LogP contribution in [0.15, 0.2) is 48.5 Å². The standard InChI is InChI=1S/C17H21NO4.C8H11NO2/c1-18-12-8-9-13(18)15(17(20)21-2)14(10-12)22-16(19)11-6-4-3-5-7-11;9-4-3-6-1-2-7(10)8(11)5-6/h3-7,12-15H,8-10H2,1-2H3;1-2,5,10-11H,3-4,9H2/t12-,13+,14-,15+;/m0./s1. The monoisotopic (exact) mass is 456 g/mol. The highest BCUT2D eigenvalue weighted by Crippen LogP contribution is 2.40. The van der Waals surface area contributed by atoms with Crippen LogP contribution in [0.4, 0.5) is 0 Å². The second kappa shape index (κ2) is 11.2. The third kappa shape index (κ3) is 5.83. The zero-order valence-electron chi connectivity index (χ0n) is 19.0. The number of rotatable bonds is 5. The van der Waals surface area contributed by atoms with Crippen LogP contribution in [-0.4, -0.2) is 65.9 Å². The lowest BCUT2D eigenvalue weighted by molar-refractivity contribution is -0.156. The summed E-state index contributed by atoms with van der Waals surface area (Å²) < 4.78 is 10.6. The summed E-state index contributed by atoms with van der Waals surface area (Å²) in [6, 6.07) is 14.1. The van der Waals surface area contributed by atoms with E-state index in [9.17, 15) is 9.59 Å². The minimum Gasteiger partial charge on any atom is -0.504 e. The Morgan fingerprint density at radius 2 is 1.82 bits per heavy atom. The van der Waals surface area contributed by atoms with E-state index in [1.165, 1.54) is 19.2 Å². The van der Waals surface area contributed by atoms with Gasteiger partial charge >= 0.3 is 11.9 Å². The summed E-state index contributed by atoms with van der Waals surface area (Å²) in [4.78, 5) is 26.7. The van der Waals surface area contributed by atoms with Gasteiger partial charge in [-0.25, -0.2) is 4.79 Å². The van der Waals surface area contributed by atoms with Crippen LogP contribution in [0, 0.1) is 5.92 Å². The Bertz CT molecular complexity index is 951. The van der Waals surface area contributed by atoms with E-state index in [4.69, 9.17) is 25.4 Å². The maximum atomic E-state index is 12.3. The number of benzene rings is 2. The molecule has 178 valence electrons. The molecule has 0 unspecified atom stereocenters. The summed E-state index contributed by atoms with van der Waals surface area (Å²) in [6.45, 7) is 0.546. The largest absolute Gasteiger partial charge is 0.504 e. The Kier molecular flexibility index (Phi) is 8.30. The summed E-state index contributed by atoms with van der Waals surface area (Å²) in [6.07, 6.45) is 2.97. The molecule has 33 heavy (non-hydrogen) atoms. The van der Waals surface area contributed by atoms with Crippen LogP contribution in [0.1, 0.15) is 35.2 Å². The molecule has 2 fully saturated rings. The van der Waals surface area contributed by atoms with Gasteiger partial charge in [0.15, 0.2) is 11.5 Å². The Morgan fingerprint density at radius 3 is 2.45 bits per heavy atom. The van der Waals surface area contributed by atoms with Crippen molar-refractivity contribution in [2.45, 2.75) is 43.9 Å². The van der Waals surface area contributed by atoms with E-state index < -0.39 is 12.0 Å². The van der Waals surface area contributed by atoms with Crippen molar-refractivity contribution in [1.82, 2.24) is 4.90 Å². The molecule has 2 bridgehead atoms. The summed E-state index contributed by atoms with van der Waals surface area (Å²) in [7, 11) is 3.42.